The van der Waals surface area contributed by atoms with Crippen LogP contribution in [0.5, 0.6) is 5.75 Å². The van der Waals surface area contributed by atoms with Gasteiger partial charge in [0.05, 0.1) is 18.3 Å². The van der Waals surface area contributed by atoms with E-state index < -0.39 is 0 Å². The molecule has 3 nitrogen and oxygen atoms in total. The molecule has 1 aliphatic rings. The van der Waals surface area contributed by atoms with Gasteiger partial charge in [-0.05, 0) is 67.5 Å². The van der Waals surface area contributed by atoms with Gasteiger partial charge in [0.15, 0.2) is 0 Å². The molecular formula is C25H27BO3. The zero-order valence-electron chi connectivity index (χ0n) is 17.7. The Kier molecular flexibility index (Phi) is 5.01. The van der Waals surface area contributed by atoms with Gasteiger partial charge in [-0.15, -0.1) is 0 Å². The Labute approximate surface area is 173 Å². The molecule has 0 amide bonds. The standard InChI is InChI=1S/C25H27BO3/c1-24(2)25(3,4)29-26(28-24)22-14-10-20(11-15-22)18-6-8-19(9-7-18)21-12-16-23(27-5)17-13-21/h6-17H,1-5H3. The molecule has 1 fully saturated rings. The molecule has 1 heterocycles. The Morgan fingerprint density at radius 3 is 1.31 bits per heavy atom. The van der Waals surface area contributed by atoms with Crippen LogP contribution in [0.15, 0.2) is 72.8 Å². The van der Waals surface area contributed by atoms with Gasteiger partial charge in [0, 0.05) is 0 Å². The summed E-state index contributed by atoms with van der Waals surface area (Å²) in [7, 11) is 1.36. The molecule has 0 saturated carbocycles. The predicted octanol–water partition coefficient (Wildman–Crippen LogP) is 5.33. The fourth-order valence-electron chi connectivity index (χ4n) is 3.45. The van der Waals surface area contributed by atoms with Gasteiger partial charge in [0.25, 0.3) is 0 Å². The zero-order chi connectivity index (χ0) is 20.6. The van der Waals surface area contributed by atoms with Gasteiger partial charge in [-0.1, -0.05) is 60.7 Å². The molecule has 0 bridgehead atoms. The Balaban J connectivity index is 1.51. The normalized spacial score (nSPS) is 17.3. The fourth-order valence-corrected chi connectivity index (χ4v) is 3.45. The van der Waals surface area contributed by atoms with Crippen molar-refractivity contribution in [3.63, 3.8) is 0 Å². The molecule has 0 atom stereocenters. The lowest BCUT2D eigenvalue weighted by Gasteiger charge is -2.32. The van der Waals surface area contributed by atoms with Gasteiger partial charge < -0.3 is 14.0 Å². The molecule has 0 unspecified atom stereocenters. The maximum absolute atomic E-state index is 6.15. The lowest BCUT2D eigenvalue weighted by Crippen LogP contribution is -2.41. The first-order valence-electron chi connectivity index (χ1n) is 9.99. The van der Waals surface area contributed by atoms with E-state index in [0.29, 0.717) is 0 Å². The van der Waals surface area contributed by atoms with Crippen LogP contribution in [0.1, 0.15) is 27.7 Å². The van der Waals surface area contributed by atoms with Gasteiger partial charge in [0.2, 0.25) is 0 Å². The summed E-state index contributed by atoms with van der Waals surface area (Å²) in [6.07, 6.45) is 0. The van der Waals surface area contributed by atoms with Crippen LogP contribution in [0, 0.1) is 0 Å². The molecule has 1 saturated heterocycles. The molecule has 0 aromatic heterocycles. The molecule has 0 N–H and O–H groups in total. The summed E-state index contributed by atoms with van der Waals surface area (Å²) in [5.41, 5.74) is 5.11. The number of hydrogen-bond donors (Lipinski definition) is 0. The number of methoxy groups -OCH3 is 1. The van der Waals surface area contributed by atoms with Crippen molar-refractivity contribution >= 4 is 12.6 Å². The van der Waals surface area contributed by atoms with Crippen LogP contribution < -0.4 is 10.2 Å². The SMILES string of the molecule is COc1ccc(-c2ccc(-c3ccc(B4OC(C)(C)C(C)(C)O4)cc3)cc2)cc1. The van der Waals surface area contributed by atoms with Gasteiger partial charge in [-0.3, -0.25) is 0 Å². The zero-order valence-corrected chi connectivity index (χ0v) is 17.7. The van der Waals surface area contributed by atoms with Gasteiger partial charge in [0.1, 0.15) is 5.75 Å². The molecule has 3 aromatic carbocycles. The van der Waals surface area contributed by atoms with Crippen LogP contribution in [0.4, 0.5) is 0 Å². The first-order chi connectivity index (χ1) is 13.8. The fraction of sp³-hybridized carbons (Fsp3) is 0.280. The number of ether oxygens (including phenoxy) is 1. The largest absolute Gasteiger partial charge is 0.497 e. The van der Waals surface area contributed by atoms with Crippen molar-refractivity contribution in [1.82, 2.24) is 0 Å². The van der Waals surface area contributed by atoms with E-state index in [4.69, 9.17) is 14.0 Å². The van der Waals surface area contributed by atoms with Crippen LogP contribution in [0.3, 0.4) is 0 Å². The molecule has 0 radical (unpaired) electrons. The third-order valence-corrected chi connectivity index (χ3v) is 6.08. The monoisotopic (exact) mass is 386 g/mol. The molecule has 0 spiro atoms. The van der Waals surface area contributed by atoms with Crippen molar-refractivity contribution in [3.8, 4) is 28.0 Å². The Hall–Kier alpha value is -2.56. The molecule has 0 aliphatic carbocycles. The maximum Gasteiger partial charge on any atom is 0.494 e. The molecule has 3 aromatic rings. The van der Waals surface area contributed by atoms with E-state index in [1.54, 1.807) is 7.11 Å². The minimum absolute atomic E-state index is 0.326. The highest BCUT2D eigenvalue weighted by molar-refractivity contribution is 6.62. The Morgan fingerprint density at radius 1 is 0.586 bits per heavy atom. The van der Waals surface area contributed by atoms with E-state index in [0.717, 1.165) is 11.2 Å². The van der Waals surface area contributed by atoms with E-state index in [2.05, 4.69) is 88.4 Å². The third kappa shape index (κ3) is 3.83. The number of hydrogen-bond acceptors (Lipinski definition) is 3. The van der Waals surface area contributed by atoms with E-state index >= 15 is 0 Å². The van der Waals surface area contributed by atoms with Crippen LogP contribution in [-0.4, -0.2) is 25.4 Å². The summed E-state index contributed by atoms with van der Waals surface area (Å²) in [4.78, 5) is 0. The van der Waals surface area contributed by atoms with E-state index in [1.807, 2.05) is 12.1 Å². The second-order valence-electron chi connectivity index (χ2n) is 8.52. The highest BCUT2D eigenvalue weighted by atomic mass is 16.7. The summed E-state index contributed by atoms with van der Waals surface area (Å²) in [5, 5.41) is 0. The van der Waals surface area contributed by atoms with E-state index in [1.165, 1.54) is 22.3 Å². The van der Waals surface area contributed by atoms with Crippen molar-refractivity contribution in [2.24, 2.45) is 0 Å². The molecule has 1 aliphatic heterocycles. The smallest absolute Gasteiger partial charge is 0.494 e. The second-order valence-corrected chi connectivity index (χ2v) is 8.52. The van der Waals surface area contributed by atoms with Crippen molar-refractivity contribution in [2.45, 2.75) is 38.9 Å². The first kappa shape index (κ1) is 19.7. The summed E-state index contributed by atoms with van der Waals surface area (Å²) in [6.45, 7) is 8.30. The Morgan fingerprint density at radius 2 is 0.931 bits per heavy atom. The molecule has 148 valence electrons. The summed E-state index contributed by atoms with van der Waals surface area (Å²) in [6, 6.07) is 25.2. The molecule has 4 rings (SSSR count). The molecule has 4 heteroatoms. The number of benzene rings is 3. The quantitative estimate of drug-likeness (QED) is 0.568. The highest BCUT2D eigenvalue weighted by Crippen LogP contribution is 2.36. The minimum atomic E-state index is -0.327. The lowest BCUT2D eigenvalue weighted by atomic mass is 9.78. The van der Waals surface area contributed by atoms with E-state index in [-0.39, 0.29) is 18.3 Å². The average molecular weight is 386 g/mol. The van der Waals surface area contributed by atoms with Crippen LogP contribution in [0.2, 0.25) is 0 Å². The highest BCUT2D eigenvalue weighted by Gasteiger charge is 2.51. The third-order valence-electron chi connectivity index (χ3n) is 6.08. The topological polar surface area (TPSA) is 27.7 Å². The Bertz CT molecular complexity index is 958. The summed E-state index contributed by atoms with van der Waals surface area (Å²) in [5.74, 6) is 0.868. The van der Waals surface area contributed by atoms with Crippen molar-refractivity contribution in [2.75, 3.05) is 7.11 Å². The van der Waals surface area contributed by atoms with Crippen molar-refractivity contribution in [3.05, 3.63) is 72.8 Å². The predicted molar refractivity (Wildman–Crippen MR) is 120 cm³/mol. The van der Waals surface area contributed by atoms with Gasteiger partial charge in [-0.2, -0.15) is 0 Å². The maximum atomic E-state index is 6.15. The molecule has 29 heavy (non-hydrogen) atoms. The van der Waals surface area contributed by atoms with Crippen molar-refractivity contribution < 1.29 is 14.0 Å². The summed E-state index contributed by atoms with van der Waals surface area (Å²) < 4.78 is 17.5. The van der Waals surface area contributed by atoms with Crippen molar-refractivity contribution in [1.29, 1.82) is 0 Å². The van der Waals surface area contributed by atoms with Crippen LogP contribution >= 0.6 is 0 Å². The second kappa shape index (κ2) is 7.36. The van der Waals surface area contributed by atoms with Crippen LogP contribution in [-0.2, 0) is 9.31 Å². The van der Waals surface area contributed by atoms with Gasteiger partial charge in [-0.25, -0.2) is 0 Å². The number of rotatable bonds is 4. The van der Waals surface area contributed by atoms with E-state index in [9.17, 15) is 0 Å². The average Bonchev–Trinajstić information content (AvgIpc) is 2.95. The lowest BCUT2D eigenvalue weighted by molar-refractivity contribution is 0.00578. The summed E-state index contributed by atoms with van der Waals surface area (Å²) >= 11 is 0. The van der Waals surface area contributed by atoms with Crippen LogP contribution in [0.25, 0.3) is 22.3 Å². The van der Waals surface area contributed by atoms with Gasteiger partial charge >= 0.3 is 7.12 Å². The minimum Gasteiger partial charge on any atom is -0.497 e. The molecular weight excluding hydrogens is 359 g/mol. The first-order valence-corrected chi connectivity index (χ1v) is 9.99.